The van der Waals surface area contributed by atoms with Crippen LogP contribution in [0.4, 0.5) is 5.82 Å². The molecule has 256 valence electrons. The number of allylic oxidation sites excluding steroid dienone is 2. The summed E-state index contributed by atoms with van der Waals surface area (Å²) in [5.41, 5.74) is 13.9. The number of fused-ring (bicyclic) bond motifs is 8. The predicted octanol–water partition coefficient (Wildman–Crippen LogP) is 9.67. The van der Waals surface area contributed by atoms with E-state index in [1.54, 1.807) is 5.57 Å². The fourth-order valence-corrected chi connectivity index (χ4v) is 12.7. The summed E-state index contributed by atoms with van der Waals surface area (Å²) < 4.78 is 12.2. The van der Waals surface area contributed by atoms with Crippen LogP contribution in [-0.2, 0) is 28.0 Å². The van der Waals surface area contributed by atoms with Gasteiger partial charge in [-0.1, -0.05) is 84.4 Å². The van der Waals surface area contributed by atoms with Gasteiger partial charge in [0.1, 0.15) is 12.4 Å². The number of esters is 1. The molecule has 3 saturated carbocycles. The van der Waals surface area contributed by atoms with E-state index >= 15 is 0 Å². The Bertz CT molecular complexity index is 1770. The summed E-state index contributed by atoms with van der Waals surface area (Å²) in [5.74, 6) is 1.76. The Labute approximate surface area is 286 Å². The maximum Gasteiger partial charge on any atom is 0.313 e. The van der Waals surface area contributed by atoms with Crippen molar-refractivity contribution < 1.29 is 13.9 Å². The summed E-state index contributed by atoms with van der Waals surface area (Å²) in [4.78, 5) is 14.6. The Morgan fingerprint density at radius 1 is 0.979 bits per heavy atom. The summed E-state index contributed by atoms with van der Waals surface area (Å²) in [7, 11) is 0. The van der Waals surface area contributed by atoms with Crippen LogP contribution >= 0.6 is 0 Å². The highest BCUT2D eigenvalue weighted by Crippen LogP contribution is 2.77. The molecule has 3 fully saturated rings. The number of hydrogen-bond donors (Lipinski definition) is 2. The number of aromatic amines is 1. The SMILES string of the molecule is CC1(C)CC[C@]2(C(=O)OCc3ccccc3)CC[C@]3(C)C(=C(c4ccoc4)CC4[C@@]5(C)Cc6c(N)n[nH]c6C(C)(C)[C@@H]5CC[C@]43C)[C@@H]2C1. The van der Waals surface area contributed by atoms with Gasteiger partial charge in [0.25, 0.3) is 0 Å². The number of aromatic nitrogens is 2. The van der Waals surface area contributed by atoms with E-state index in [0.29, 0.717) is 24.3 Å². The minimum absolute atomic E-state index is 0.00730. The van der Waals surface area contributed by atoms with Crippen molar-refractivity contribution in [3.63, 3.8) is 0 Å². The Morgan fingerprint density at radius 2 is 1.73 bits per heavy atom. The molecule has 1 unspecified atom stereocenters. The van der Waals surface area contributed by atoms with Crippen LogP contribution in [0.3, 0.4) is 0 Å². The average molecular weight is 650 g/mol. The smallest absolute Gasteiger partial charge is 0.313 e. The fraction of sp³-hybridized carbons (Fsp3) is 0.619. The fourth-order valence-electron chi connectivity index (χ4n) is 12.7. The van der Waals surface area contributed by atoms with Crippen LogP contribution in [0.1, 0.15) is 122 Å². The minimum atomic E-state index is -0.509. The molecule has 0 spiro atoms. The van der Waals surface area contributed by atoms with E-state index in [-0.39, 0.29) is 39.0 Å². The third kappa shape index (κ3) is 4.22. The number of benzene rings is 1. The minimum Gasteiger partial charge on any atom is -0.472 e. The number of nitrogen functional groups attached to an aromatic ring is 1. The second-order valence-electron chi connectivity index (χ2n) is 18.5. The number of hydrogen-bond acceptors (Lipinski definition) is 5. The van der Waals surface area contributed by atoms with E-state index in [4.69, 9.17) is 14.9 Å². The lowest BCUT2D eigenvalue weighted by molar-refractivity contribution is -0.181. The third-order valence-electron chi connectivity index (χ3n) is 15.5. The monoisotopic (exact) mass is 649 g/mol. The molecular weight excluding hydrogens is 594 g/mol. The molecule has 0 saturated heterocycles. The van der Waals surface area contributed by atoms with Crippen LogP contribution in [-0.4, -0.2) is 16.2 Å². The van der Waals surface area contributed by atoms with Gasteiger partial charge >= 0.3 is 5.97 Å². The van der Waals surface area contributed by atoms with E-state index in [1.807, 2.05) is 30.7 Å². The van der Waals surface area contributed by atoms with Crippen LogP contribution in [0.2, 0.25) is 0 Å². The molecule has 2 heterocycles. The van der Waals surface area contributed by atoms with Crippen LogP contribution < -0.4 is 5.73 Å². The summed E-state index contributed by atoms with van der Waals surface area (Å²) in [6, 6.07) is 12.3. The zero-order chi connectivity index (χ0) is 33.9. The van der Waals surface area contributed by atoms with Gasteiger partial charge in [-0.25, -0.2) is 0 Å². The van der Waals surface area contributed by atoms with Crippen molar-refractivity contribution in [3.05, 3.63) is 76.9 Å². The van der Waals surface area contributed by atoms with E-state index in [1.165, 1.54) is 35.2 Å². The number of ether oxygens (including phenoxy) is 1. The number of nitrogens with zero attached hydrogens (tertiary/aromatic N) is 1. The van der Waals surface area contributed by atoms with Gasteiger partial charge in [-0.3, -0.25) is 9.89 Å². The molecule has 0 aliphatic heterocycles. The molecule has 2 aromatic heterocycles. The molecule has 48 heavy (non-hydrogen) atoms. The number of carbonyl (C=O) groups is 1. The van der Waals surface area contributed by atoms with Crippen molar-refractivity contribution in [1.29, 1.82) is 0 Å². The summed E-state index contributed by atoms with van der Waals surface area (Å²) >= 11 is 0. The molecular formula is C42H55N3O3. The van der Waals surface area contributed by atoms with Gasteiger partial charge in [0.2, 0.25) is 0 Å². The molecule has 8 rings (SSSR count). The van der Waals surface area contributed by atoms with Gasteiger partial charge < -0.3 is 14.9 Å². The lowest BCUT2D eigenvalue weighted by Gasteiger charge is -2.71. The molecule has 0 amide bonds. The molecule has 7 atom stereocenters. The normalized spacial score (nSPS) is 37.8. The van der Waals surface area contributed by atoms with E-state index in [9.17, 15) is 4.79 Å². The summed E-state index contributed by atoms with van der Waals surface area (Å²) in [5, 5.41) is 7.91. The molecule has 3 aromatic rings. The maximum absolute atomic E-state index is 14.6. The average Bonchev–Trinajstić information content (AvgIpc) is 3.71. The molecule has 6 nitrogen and oxygen atoms in total. The van der Waals surface area contributed by atoms with Crippen LogP contribution in [0.25, 0.3) is 5.57 Å². The van der Waals surface area contributed by atoms with Crippen LogP contribution in [0.5, 0.6) is 0 Å². The van der Waals surface area contributed by atoms with Gasteiger partial charge in [0.05, 0.1) is 17.9 Å². The van der Waals surface area contributed by atoms with E-state index in [0.717, 1.165) is 50.5 Å². The number of anilines is 1. The highest BCUT2D eigenvalue weighted by molar-refractivity contribution is 5.81. The zero-order valence-electron chi connectivity index (χ0n) is 30.2. The van der Waals surface area contributed by atoms with Crippen molar-refractivity contribution in [2.75, 3.05) is 5.73 Å². The van der Waals surface area contributed by atoms with Gasteiger partial charge in [0, 0.05) is 22.2 Å². The maximum atomic E-state index is 14.6. The first-order valence-electron chi connectivity index (χ1n) is 18.5. The quantitative estimate of drug-likeness (QED) is 0.275. The van der Waals surface area contributed by atoms with Crippen molar-refractivity contribution in [2.45, 2.75) is 118 Å². The Hall–Kier alpha value is -3.28. The topological polar surface area (TPSA) is 94.1 Å². The van der Waals surface area contributed by atoms with Crippen LogP contribution in [0.15, 0.2) is 58.9 Å². The summed E-state index contributed by atoms with van der Waals surface area (Å²) in [6.07, 6.45) is 12.9. The Kier molecular flexibility index (Phi) is 6.90. The number of H-pyrrole nitrogens is 1. The lowest BCUT2D eigenvalue weighted by atomic mass is 9.33. The van der Waals surface area contributed by atoms with Crippen molar-refractivity contribution in [3.8, 4) is 0 Å². The predicted molar refractivity (Wildman–Crippen MR) is 190 cm³/mol. The van der Waals surface area contributed by atoms with Gasteiger partial charge in [0.15, 0.2) is 0 Å². The first kappa shape index (κ1) is 32.0. The Morgan fingerprint density at radius 3 is 2.46 bits per heavy atom. The standard InChI is InChI=1S/C42H55N3O3/c1-37(2)16-18-42(36(46)48-24-26-11-9-8-10-12-26)19-17-41(7)33(30(42)23-37)28(27-14-20-47-25-27)21-32-39(5)22-29-34(44-45-35(29)43)38(3,4)31(39)13-15-40(32,41)6/h8-12,14,20,25,30-32H,13,15-19,21-24H2,1-7H3,(H3,43,44,45)/t30-,31-,32?,39-,40+,41+,42-/m0/s1. The number of rotatable bonds is 4. The number of furan rings is 1. The summed E-state index contributed by atoms with van der Waals surface area (Å²) in [6.45, 7) is 17.8. The molecule has 3 N–H and O–H groups in total. The Balaban J connectivity index is 1.28. The largest absolute Gasteiger partial charge is 0.472 e. The van der Waals surface area contributed by atoms with Crippen molar-refractivity contribution in [1.82, 2.24) is 10.2 Å². The first-order chi connectivity index (χ1) is 22.7. The second kappa shape index (κ2) is 10.4. The zero-order valence-corrected chi connectivity index (χ0v) is 30.2. The number of carbonyl (C=O) groups excluding carboxylic acids is 1. The molecule has 0 bridgehead atoms. The van der Waals surface area contributed by atoms with E-state index < -0.39 is 5.41 Å². The van der Waals surface area contributed by atoms with Gasteiger partial charge in [-0.05, 0) is 114 Å². The molecule has 0 radical (unpaired) electrons. The molecule has 5 aliphatic carbocycles. The van der Waals surface area contributed by atoms with Crippen molar-refractivity contribution >= 4 is 17.4 Å². The highest BCUT2D eigenvalue weighted by Gasteiger charge is 2.70. The molecule has 6 heteroatoms. The first-order valence-corrected chi connectivity index (χ1v) is 18.5. The van der Waals surface area contributed by atoms with Crippen molar-refractivity contribution in [2.24, 2.45) is 44.8 Å². The van der Waals surface area contributed by atoms with Gasteiger partial charge in [-0.15, -0.1) is 0 Å². The highest BCUT2D eigenvalue weighted by atomic mass is 16.5. The second-order valence-corrected chi connectivity index (χ2v) is 18.5. The molecule has 1 aromatic carbocycles. The number of nitrogens with one attached hydrogen (secondary N) is 1. The van der Waals surface area contributed by atoms with E-state index in [2.05, 4.69) is 76.9 Å². The lowest BCUT2D eigenvalue weighted by Crippen LogP contribution is -2.65. The van der Waals surface area contributed by atoms with Crippen LogP contribution in [0, 0.1) is 44.8 Å². The number of nitrogens with two attached hydrogens (primary N) is 1. The van der Waals surface area contributed by atoms with Gasteiger partial charge in [-0.2, -0.15) is 5.10 Å². The molecule has 5 aliphatic rings. The third-order valence-corrected chi connectivity index (χ3v) is 15.5.